The van der Waals surface area contributed by atoms with Crippen LogP contribution in [0, 0.1) is 31.3 Å². The molecule has 1 fully saturated rings. The Kier molecular flexibility index (Phi) is 6.88. The number of oxime groups is 1. The van der Waals surface area contributed by atoms with E-state index in [0.29, 0.717) is 22.4 Å². The van der Waals surface area contributed by atoms with Crippen molar-refractivity contribution in [1.29, 1.82) is 0 Å². The Morgan fingerprint density at radius 3 is 2.29 bits per heavy atom. The smallest absolute Gasteiger partial charge is 0.255 e. The third kappa shape index (κ3) is 5.07. The first-order chi connectivity index (χ1) is 16.2. The minimum absolute atomic E-state index is 0.0482. The van der Waals surface area contributed by atoms with Crippen LogP contribution < -0.4 is 5.56 Å². The zero-order valence-corrected chi connectivity index (χ0v) is 19.3. The monoisotopic (exact) mass is 469 g/mol. The number of hydrogen-bond donors (Lipinski definition) is 0. The summed E-state index contributed by atoms with van der Waals surface area (Å²) < 4.78 is 43.6. The van der Waals surface area contributed by atoms with Crippen molar-refractivity contribution in [3.05, 3.63) is 98.7 Å². The minimum Gasteiger partial charge on any atom is -0.392 e. The van der Waals surface area contributed by atoms with Gasteiger partial charge in [-0.2, -0.15) is 0 Å². The average Bonchev–Trinajstić information content (AvgIpc) is 2.77. The number of nitrogens with zero attached hydrogens (tertiary/aromatic N) is 3. The van der Waals surface area contributed by atoms with Gasteiger partial charge in [0.05, 0.1) is 5.69 Å². The van der Waals surface area contributed by atoms with E-state index < -0.39 is 17.5 Å². The third-order valence-corrected chi connectivity index (χ3v) is 6.03. The molecule has 0 aliphatic carbocycles. The number of hydrogen-bond acceptors (Lipinski definition) is 4. The summed E-state index contributed by atoms with van der Waals surface area (Å²) in [5.41, 5.74) is 1.94. The maximum absolute atomic E-state index is 14.8. The van der Waals surface area contributed by atoms with Crippen LogP contribution in [0.25, 0.3) is 5.69 Å². The number of aryl methyl sites for hydroxylation is 2. The fourth-order valence-corrected chi connectivity index (χ4v) is 4.24. The molecule has 4 rings (SSSR count). The molecule has 1 aromatic heterocycles. The summed E-state index contributed by atoms with van der Waals surface area (Å²) in [6.45, 7) is 5.13. The summed E-state index contributed by atoms with van der Waals surface area (Å²) in [5.74, 6) is -1.90. The van der Waals surface area contributed by atoms with Crippen LogP contribution in [0.2, 0.25) is 0 Å². The molecule has 1 aliphatic heterocycles. The molecule has 5 nitrogen and oxygen atoms in total. The van der Waals surface area contributed by atoms with Gasteiger partial charge in [0.15, 0.2) is 0 Å². The maximum Gasteiger partial charge on any atom is 0.255 e. The van der Waals surface area contributed by atoms with Crippen LogP contribution in [0.3, 0.4) is 0 Å². The molecule has 2 aromatic carbocycles. The Morgan fingerprint density at radius 2 is 1.65 bits per heavy atom. The number of aromatic nitrogens is 1. The summed E-state index contributed by atoms with van der Waals surface area (Å²) in [5, 5.41) is 4.29. The van der Waals surface area contributed by atoms with Gasteiger partial charge in [-0.05, 0) is 75.2 Å². The Bertz CT molecular complexity index is 1270. The lowest BCUT2D eigenvalue weighted by Gasteiger charge is -2.27. The van der Waals surface area contributed by atoms with Crippen molar-refractivity contribution in [3.8, 4) is 5.69 Å². The molecular formula is C26H26F3N3O2. The third-order valence-electron chi connectivity index (χ3n) is 6.03. The number of benzene rings is 2. The molecule has 1 aliphatic rings. The molecule has 1 saturated heterocycles. The Hall–Kier alpha value is -3.39. The summed E-state index contributed by atoms with van der Waals surface area (Å²) in [7, 11) is 2.03. The molecule has 2 heterocycles. The van der Waals surface area contributed by atoms with E-state index in [1.807, 2.05) is 7.05 Å². The van der Waals surface area contributed by atoms with Crippen LogP contribution in [0.5, 0.6) is 0 Å². The number of pyridine rings is 1. The van der Waals surface area contributed by atoms with E-state index in [1.165, 1.54) is 41.1 Å². The molecule has 0 atom stereocenters. The average molecular weight is 470 g/mol. The lowest BCUT2D eigenvalue weighted by molar-refractivity contribution is 0.0163. The fraction of sp³-hybridized carbons (Fsp3) is 0.308. The second kappa shape index (κ2) is 9.85. The largest absolute Gasteiger partial charge is 0.392 e. The molecule has 0 unspecified atom stereocenters. The first-order valence-electron chi connectivity index (χ1n) is 11.1. The zero-order chi connectivity index (χ0) is 24.4. The number of likely N-dealkylation sites (tertiary alicyclic amines) is 1. The van der Waals surface area contributed by atoms with Gasteiger partial charge in [0.1, 0.15) is 29.3 Å². The van der Waals surface area contributed by atoms with Gasteiger partial charge in [0.25, 0.3) is 5.56 Å². The van der Waals surface area contributed by atoms with E-state index in [2.05, 4.69) is 10.1 Å². The first kappa shape index (κ1) is 23.8. The highest BCUT2D eigenvalue weighted by Crippen LogP contribution is 2.22. The Balaban J connectivity index is 1.81. The fourth-order valence-electron chi connectivity index (χ4n) is 4.24. The minimum atomic E-state index is -0.794. The molecule has 8 heteroatoms. The van der Waals surface area contributed by atoms with Crippen LogP contribution >= 0.6 is 0 Å². The van der Waals surface area contributed by atoms with Crippen LogP contribution in [-0.2, 0) is 4.84 Å². The van der Waals surface area contributed by atoms with Gasteiger partial charge in [-0.3, -0.25) is 9.36 Å². The van der Waals surface area contributed by atoms with E-state index in [4.69, 9.17) is 4.84 Å². The van der Waals surface area contributed by atoms with E-state index >= 15 is 0 Å². The van der Waals surface area contributed by atoms with Gasteiger partial charge in [0, 0.05) is 42.5 Å². The predicted molar refractivity (Wildman–Crippen MR) is 125 cm³/mol. The van der Waals surface area contributed by atoms with Crippen LogP contribution in [0.15, 0.2) is 58.6 Å². The maximum atomic E-state index is 14.8. The lowest BCUT2D eigenvalue weighted by Crippen LogP contribution is -2.33. The molecule has 34 heavy (non-hydrogen) atoms. The molecule has 3 aromatic rings. The van der Waals surface area contributed by atoms with Crippen molar-refractivity contribution in [2.45, 2.75) is 32.8 Å². The summed E-state index contributed by atoms with van der Waals surface area (Å²) in [6, 6.07) is 8.78. The summed E-state index contributed by atoms with van der Waals surface area (Å²) >= 11 is 0. The van der Waals surface area contributed by atoms with Crippen LogP contribution in [0.4, 0.5) is 13.2 Å². The van der Waals surface area contributed by atoms with Crippen molar-refractivity contribution >= 4 is 5.71 Å². The molecule has 0 spiro atoms. The van der Waals surface area contributed by atoms with Gasteiger partial charge in [0.2, 0.25) is 0 Å². The Morgan fingerprint density at radius 1 is 0.971 bits per heavy atom. The van der Waals surface area contributed by atoms with Crippen molar-refractivity contribution in [1.82, 2.24) is 9.47 Å². The molecule has 0 N–H and O–H groups in total. The van der Waals surface area contributed by atoms with Crippen LogP contribution in [-0.4, -0.2) is 41.4 Å². The number of piperidine rings is 1. The number of halogens is 3. The molecule has 0 radical (unpaired) electrons. The van der Waals surface area contributed by atoms with Gasteiger partial charge < -0.3 is 9.74 Å². The molecule has 0 bridgehead atoms. The molecule has 0 saturated carbocycles. The van der Waals surface area contributed by atoms with E-state index in [9.17, 15) is 18.0 Å². The highest BCUT2D eigenvalue weighted by atomic mass is 19.1. The predicted octanol–water partition coefficient (Wildman–Crippen LogP) is 4.73. The second-order valence-electron chi connectivity index (χ2n) is 8.69. The van der Waals surface area contributed by atoms with Crippen molar-refractivity contribution in [2.75, 3.05) is 20.1 Å². The normalized spacial score (nSPS) is 15.5. The number of rotatable bonds is 5. The summed E-state index contributed by atoms with van der Waals surface area (Å²) in [4.78, 5) is 20.7. The lowest BCUT2D eigenvalue weighted by atomic mass is 10.0. The zero-order valence-electron chi connectivity index (χ0n) is 19.3. The van der Waals surface area contributed by atoms with Gasteiger partial charge in [-0.25, -0.2) is 13.2 Å². The molecule has 178 valence electrons. The van der Waals surface area contributed by atoms with Gasteiger partial charge in [-0.15, -0.1) is 0 Å². The summed E-state index contributed by atoms with van der Waals surface area (Å²) in [6.07, 6.45) is 2.93. The highest BCUT2D eigenvalue weighted by molar-refractivity contribution is 6.12. The SMILES string of the molecule is Cc1cc(F)cc(C)c1-n1cc(/C(=N\OC2CCN(C)CC2)c2ccc(F)cc2F)ccc1=O. The molecular weight excluding hydrogens is 443 g/mol. The first-order valence-corrected chi connectivity index (χ1v) is 11.1. The van der Waals surface area contributed by atoms with Gasteiger partial charge in [-0.1, -0.05) is 5.16 Å². The van der Waals surface area contributed by atoms with E-state index in [1.54, 1.807) is 13.8 Å². The van der Waals surface area contributed by atoms with Crippen molar-refractivity contribution in [2.24, 2.45) is 5.16 Å². The van der Waals surface area contributed by atoms with E-state index in [-0.39, 0.29) is 22.9 Å². The second-order valence-corrected chi connectivity index (χ2v) is 8.69. The quantitative estimate of drug-likeness (QED) is 0.401. The highest BCUT2D eigenvalue weighted by Gasteiger charge is 2.21. The standard InChI is InChI=1S/C26H26F3N3O2/c1-16-12-20(28)13-17(2)26(16)32-15-18(4-7-24(32)33)25(22-6-5-19(27)14-23(22)29)30-34-21-8-10-31(3)11-9-21/h4-7,12-15,21H,8-11H2,1-3H3/b30-25+. The van der Waals surface area contributed by atoms with Crippen molar-refractivity contribution in [3.63, 3.8) is 0 Å². The van der Waals surface area contributed by atoms with Crippen molar-refractivity contribution < 1.29 is 18.0 Å². The topological polar surface area (TPSA) is 46.8 Å². The molecule has 0 amide bonds. The van der Waals surface area contributed by atoms with Gasteiger partial charge >= 0.3 is 0 Å². The van der Waals surface area contributed by atoms with Crippen LogP contribution in [0.1, 0.15) is 35.1 Å². The Labute approximate surface area is 196 Å². The van der Waals surface area contributed by atoms with E-state index in [0.717, 1.165) is 38.1 Å².